The summed E-state index contributed by atoms with van der Waals surface area (Å²) in [7, 11) is 0. The van der Waals surface area contributed by atoms with Gasteiger partial charge >= 0.3 is 0 Å². The second-order valence-corrected chi connectivity index (χ2v) is 17.0. The lowest BCUT2D eigenvalue weighted by atomic mass is 10.3. The van der Waals surface area contributed by atoms with Gasteiger partial charge in [-0.1, -0.05) is 25.6 Å². The molecule has 0 amide bonds. The van der Waals surface area contributed by atoms with E-state index in [1.165, 1.54) is 48.1 Å². The van der Waals surface area contributed by atoms with Crippen LogP contribution in [0.2, 0.25) is 0 Å². The molecule has 0 fully saturated rings. The number of hydrogen-bond donors (Lipinski definition) is 0. The summed E-state index contributed by atoms with van der Waals surface area (Å²) in [6, 6.07) is 0. The molecule has 0 unspecified atom stereocenters. The largest absolute Gasteiger partial charge is 0.124 e. The monoisotopic (exact) mass is 1310 g/mol. The van der Waals surface area contributed by atoms with Crippen LogP contribution in [0.3, 0.4) is 0 Å². The van der Waals surface area contributed by atoms with Crippen LogP contribution in [0.4, 0.5) is 0 Å². The van der Waals surface area contributed by atoms with Gasteiger partial charge in [0.2, 0.25) is 0 Å². The van der Waals surface area contributed by atoms with Crippen molar-refractivity contribution in [1.29, 1.82) is 0 Å². The van der Waals surface area contributed by atoms with Crippen molar-refractivity contribution in [3.8, 4) is 0 Å². The van der Waals surface area contributed by atoms with Crippen molar-refractivity contribution in [3.05, 3.63) is 28.6 Å². The van der Waals surface area contributed by atoms with Crippen molar-refractivity contribution in [2.75, 3.05) is 11.5 Å². The van der Waals surface area contributed by atoms with Gasteiger partial charge in [0.15, 0.2) is 0 Å². The predicted octanol–water partition coefficient (Wildman–Crippen LogP) is 10.9. The van der Waals surface area contributed by atoms with Gasteiger partial charge in [-0.25, -0.2) is 0 Å². The van der Waals surface area contributed by atoms with Gasteiger partial charge in [0.05, 0.1) is 0 Å². The Kier molecular flexibility index (Phi) is 14.2. The SMILES string of the molecule is CCSc1c(I)c(I)c(Sc2c(I)c(I)c(SCC)c(I)c2I)c(I)c1I. The lowest BCUT2D eigenvalue weighted by molar-refractivity contribution is 1.16. The van der Waals surface area contributed by atoms with Crippen LogP contribution in [0, 0.1) is 28.6 Å². The Morgan fingerprint density at radius 3 is 0.889 bits per heavy atom. The molecule has 0 nitrogen and oxygen atoms in total. The molecule has 2 aromatic carbocycles. The third kappa shape index (κ3) is 6.72. The summed E-state index contributed by atoms with van der Waals surface area (Å²) < 4.78 is 11.1. The average Bonchev–Trinajstić information content (AvgIpc) is 2.65. The molecule has 0 atom stereocenters. The molecular formula is C16H10I8S3. The Labute approximate surface area is 282 Å². The van der Waals surface area contributed by atoms with Crippen LogP contribution in [-0.2, 0) is 0 Å². The summed E-state index contributed by atoms with van der Waals surface area (Å²) in [5.41, 5.74) is 0. The molecule has 0 aliphatic carbocycles. The Balaban J connectivity index is 2.65. The van der Waals surface area contributed by atoms with Gasteiger partial charge in [0, 0.05) is 48.1 Å². The number of hydrogen-bond acceptors (Lipinski definition) is 3. The minimum absolute atomic E-state index is 1.10. The van der Waals surface area contributed by atoms with Gasteiger partial charge < -0.3 is 0 Å². The standard InChI is InChI=1S/C16H10I8S3/c1-3-25-13-5(17)9(21)15(10(22)6(13)18)27-16-11(23)7(19)14(26-4-2)8(20)12(16)24/h3-4H2,1-2H3. The maximum atomic E-state index is 2.54. The van der Waals surface area contributed by atoms with Crippen molar-refractivity contribution in [1.82, 2.24) is 0 Å². The normalized spacial score (nSPS) is 11.3. The van der Waals surface area contributed by atoms with Crippen molar-refractivity contribution < 1.29 is 0 Å². The maximum Gasteiger partial charge on any atom is 0.0426 e. The van der Waals surface area contributed by atoms with Crippen molar-refractivity contribution in [2.45, 2.75) is 33.4 Å². The van der Waals surface area contributed by atoms with Crippen LogP contribution in [-0.4, -0.2) is 11.5 Å². The third-order valence-electron chi connectivity index (χ3n) is 3.15. The molecule has 0 saturated heterocycles. The van der Waals surface area contributed by atoms with Crippen LogP contribution in [0.15, 0.2) is 19.6 Å². The molecule has 2 aromatic rings. The Morgan fingerprint density at radius 2 is 0.667 bits per heavy atom. The van der Waals surface area contributed by atoms with E-state index in [2.05, 4.69) is 195 Å². The first kappa shape index (κ1) is 28.6. The topological polar surface area (TPSA) is 0 Å². The molecule has 0 aromatic heterocycles. The minimum atomic E-state index is 1.10. The summed E-state index contributed by atoms with van der Waals surface area (Å²) in [5, 5.41) is 0. The van der Waals surface area contributed by atoms with Gasteiger partial charge in [-0.05, 0) is 192 Å². The van der Waals surface area contributed by atoms with E-state index in [9.17, 15) is 0 Å². The van der Waals surface area contributed by atoms with E-state index >= 15 is 0 Å². The zero-order chi connectivity index (χ0) is 20.5. The Morgan fingerprint density at radius 1 is 0.444 bits per heavy atom. The minimum Gasteiger partial charge on any atom is -0.124 e. The third-order valence-corrected chi connectivity index (χ3v) is 22.0. The lowest BCUT2D eigenvalue weighted by Crippen LogP contribution is -2.02. The van der Waals surface area contributed by atoms with Gasteiger partial charge in [0.25, 0.3) is 0 Å². The maximum absolute atomic E-state index is 2.54. The molecule has 11 heteroatoms. The van der Waals surface area contributed by atoms with E-state index in [0.717, 1.165) is 11.5 Å². The summed E-state index contributed by atoms with van der Waals surface area (Å²) in [6.07, 6.45) is 0. The van der Waals surface area contributed by atoms with Crippen LogP contribution >= 0.6 is 216 Å². The zero-order valence-electron chi connectivity index (χ0n) is 13.7. The first-order chi connectivity index (χ1) is 12.7. The molecule has 27 heavy (non-hydrogen) atoms. The number of thioether (sulfide) groups is 2. The second kappa shape index (κ2) is 13.4. The van der Waals surface area contributed by atoms with Crippen LogP contribution in [0.1, 0.15) is 13.8 Å². The van der Waals surface area contributed by atoms with E-state index in [-0.39, 0.29) is 0 Å². The molecule has 0 radical (unpaired) electrons. The molecule has 0 saturated carbocycles. The van der Waals surface area contributed by atoms with Crippen molar-refractivity contribution >= 4 is 216 Å². The van der Waals surface area contributed by atoms with E-state index in [1.807, 2.05) is 35.3 Å². The Bertz CT molecular complexity index is 755. The number of halogens is 8. The fourth-order valence-corrected chi connectivity index (χ4v) is 15.5. The van der Waals surface area contributed by atoms with Crippen molar-refractivity contribution in [3.63, 3.8) is 0 Å². The van der Waals surface area contributed by atoms with Crippen LogP contribution < -0.4 is 0 Å². The highest BCUT2D eigenvalue weighted by Gasteiger charge is 2.24. The van der Waals surface area contributed by atoms with Gasteiger partial charge in [-0.2, -0.15) is 0 Å². The molecule has 148 valence electrons. The van der Waals surface area contributed by atoms with Gasteiger partial charge in [-0.3, -0.25) is 0 Å². The summed E-state index contributed by atoms with van der Waals surface area (Å²) in [4.78, 5) is 5.65. The summed E-state index contributed by atoms with van der Waals surface area (Å²) >= 11 is 26.1. The highest BCUT2D eigenvalue weighted by molar-refractivity contribution is 14.1. The van der Waals surface area contributed by atoms with Gasteiger partial charge in [0.1, 0.15) is 0 Å². The predicted molar refractivity (Wildman–Crippen MR) is 192 cm³/mol. The molecule has 0 aliphatic rings. The fraction of sp³-hybridized carbons (Fsp3) is 0.250. The second-order valence-electron chi connectivity index (χ2n) is 4.80. The van der Waals surface area contributed by atoms with Crippen LogP contribution in [0.25, 0.3) is 0 Å². The first-order valence-corrected chi connectivity index (χ1v) is 18.7. The van der Waals surface area contributed by atoms with E-state index < -0.39 is 0 Å². The molecular weight excluding hydrogens is 1300 g/mol. The smallest absolute Gasteiger partial charge is 0.0426 e. The zero-order valence-corrected chi connectivity index (χ0v) is 33.4. The average molecular weight is 1310 g/mol. The number of benzene rings is 2. The van der Waals surface area contributed by atoms with E-state index in [0.29, 0.717) is 0 Å². The molecule has 2 rings (SSSR count). The fourth-order valence-electron chi connectivity index (χ4n) is 2.01. The van der Waals surface area contributed by atoms with E-state index in [1.54, 1.807) is 0 Å². The van der Waals surface area contributed by atoms with E-state index in [4.69, 9.17) is 0 Å². The van der Waals surface area contributed by atoms with Crippen LogP contribution in [0.5, 0.6) is 0 Å². The molecule has 0 aliphatic heterocycles. The van der Waals surface area contributed by atoms with Crippen molar-refractivity contribution in [2.24, 2.45) is 0 Å². The Hall–Kier alpha value is 5.33. The molecule has 0 heterocycles. The molecule has 0 bridgehead atoms. The quantitative estimate of drug-likeness (QED) is 0.161. The summed E-state index contributed by atoms with van der Waals surface area (Å²) in [5.74, 6) is 2.21. The first-order valence-electron chi connectivity index (χ1n) is 7.32. The summed E-state index contributed by atoms with van der Waals surface area (Å²) in [6.45, 7) is 4.45. The number of rotatable bonds is 6. The molecule has 0 spiro atoms. The molecule has 0 N–H and O–H groups in total. The van der Waals surface area contributed by atoms with Gasteiger partial charge in [-0.15, -0.1) is 23.5 Å². The highest BCUT2D eigenvalue weighted by Crippen LogP contribution is 2.48. The lowest BCUT2D eigenvalue weighted by Gasteiger charge is -2.19. The highest BCUT2D eigenvalue weighted by atomic mass is 127.